The van der Waals surface area contributed by atoms with Crippen LogP contribution in [0.1, 0.15) is 24.2 Å². The average molecular weight is 339 g/mol. The molecule has 0 bridgehead atoms. The van der Waals surface area contributed by atoms with E-state index in [1.165, 1.54) is 0 Å². The van der Waals surface area contributed by atoms with Crippen molar-refractivity contribution in [2.75, 3.05) is 18.1 Å². The van der Waals surface area contributed by atoms with Crippen LogP contribution in [0, 0.1) is 0 Å². The van der Waals surface area contributed by atoms with Crippen molar-refractivity contribution in [2.24, 2.45) is 0 Å². The molecule has 0 fully saturated rings. The second kappa shape index (κ2) is 7.31. The first kappa shape index (κ1) is 17.1. The van der Waals surface area contributed by atoms with Crippen LogP contribution in [-0.2, 0) is 0 Å². The molecule has 0 spiro atoms. The van der Waals surface area contributed by atoms with E-state index in [0.717, 1.165) is 16.7 Å². The van der Waals surface area contributed by atoms with Crippen LogP contribution in [0.3, 0.4) is 0 Å². The maximum Gasteiger partial charge on any atom is 0.251 e. The molecule has 0 saturated heterocycles. The maximum absolute atomic E-state index is 12.1. The standard InChI is InChI=1S/C16H19ClN2O2S/c1-16(2,21)10-22-8-7-18-15(20)12-3-5-13-11(9-12)4-6-14(17)19-13/h3-6,9,21H,7-8,10H2,1-2H3,(H,18,20). The number of halogens is 1. The van der Waals surface area contributed by atoms with Crippen molar-refractivity contribution in [3.63, 3.8) is 0 Å². The molecule has 1 aromatic carbocycles. The van der Waals surface area contributed by atoms with Gasteiger partial charge in [-0.3, -0.25) is 4.79 Å². The minimum absolute atomic E-state index is 0.110. The molecular weight excluding hydrogens is 320 g/mol. The zero-order valence-corrected chi connectivity index (χ0v) is 14.2. The van der Waals surface area contributed by atoms with E-state index in [1.54, 1.807) is 49.9 Å². The monoisotopic (exact) mass is 338 g/mol. The average Bonchev–Trinajstić information content (AvgIpc) is 2.45. The van der Waals surface area contributed by atoms with Crippen molar-refractivity contribution in [1.29, 1.82) is 0 Å². The highest BCUT2D eigenvalue weighted by Crippen LogP contribution is 2.17. The third-order valence-corrected chi connectivity index (χ3v) is 4.52. The predicted molar refractivity (Wildman–Crippen MR) is 92.7 cm³/mol. The van der Waals surface area contributed by atoms with Crippen molar-refractivity contribution in [3.8, 4) is 0 Å². The van der Waals surface area contributed by atoms with Gasteiger partial charge >= 0.3 is 0 Å². The van der Waals surface area contributed by atoms with Gasteiger partial charge in [0.25, 0.3) is 5.91 Å². The van der Waals surface area contributed by atoms with Crippen LogP contribution in [0.4, 0.5) is 0 Å². The van der Waals surface area contributed by atoms with Gasteiger partial charge < -0.3 is 10.4 Å². The molecule has 2 N–H and O–H groups in total. The number of nitrogens with one attached hydrogen (secondary N) is 1. The lowest BCUT2D eigenvalue weighted by Gasteiger charge is -2.16. The second-order valence-electron chi connectivity index (χ2n) is 5.66. The fourth-order valence-electron chi connectivity index (χ4n) is 1.90. The largest absolute Gasteiger partial charge is 0.390 e. The van der Waals surface area contributed by atoms with Gasteiger partial charge in [0.05, 0.1) is 11.1 Å². The summed E-state index contributed by atoms with van der Waals surface area (Å²) in [5, 5.41) is 13.8. The van der Waals surface area contributed by atoms with Gasteiger partial charge in [0.1, 0.15) is 5.15 Å². The van der Waals surface area contributed by atoms with Gasteiger partial charge in [-0.25, -0.2) is 4.98 Å². The topological polar surface area (TPSA) is 62.2 Å². The minimum atomic E-state index is -0.679. The zero-order valence-electron chi connectivity index (χ0n) is 12.6. The van der Waals surface area contributed by atoms with E-state index in [4.69, 9.17) is 11.6 Å². The molecule has 22 heavy (non-hydrogen) atoms. The predicted octanol–water partition coefficient (Wildman–Crippen LogP) is 3.12. The fraction of sp³-hybridized carbons (Fsp3) is 0.375. The Morgan fingerprint density at radius 1 is 1.36 bits per heavy atom. The Bertz CT molecular complexity index is 671. The van der Waals surface area contributed by atoms with Gasteiger partial charge in [0.15, 0.2) is 0 Å². The van der Waals surface area contributed by atoms with Crippen LogP contribution in [0.2, 0.25) is 5.15 Å². The summed E-state index contributed by atoms with van der Waals surface area (Å²) in [6.07, 6.45) is 0. The molecule has 0 unspecified atom stereocenters. The van der Waals surface area contributed by atoms with Crippen LogP contribution in [-0.4, -0.2) is 39.6 Å². The number of pyridine rings is 1. The Morgan fingerprint density at radius 2 is 2.14 bits per heavy atom. The molecular formula is C16H19ClN2O2S. The van der Waals surface area contributed by atoms with Gasteiger partial charge in [0.2, 0.25) is 0 Å². The number of fused-ring (bicyclic) bond motifs is 1. The van der Waals surface area contributed by atoms with E-state index in [2.05, 4.69) is 10.3 Å². The molecule has 4 nitrogen and oxygen atoms in total. The Morgan fingerprint density at radius 3 is 2.86 bits per heavy atom. The van der Waals surface area contributed by atoms with Crippen molar-refractivity contribution < 1.29 is 9.90 Å². The molecule has 1 heterocycles. The van der Waals surface area contributed by atoms with Crippen LogP contribution in [0.5, 0.6) is 0 Å². The number of aromatic nitrogens is 1. The highest BCUT2D eigenvalue weighted by Gasteiger charge is 2.12. The third kappa shape index (κ3) is 5.16. The number of hydrogen-bond acceptors (Lipinski definition) is 4. The van der Waals surface area contributed by atoms with Crippen LogP contribution in [0.15, 0.2) is 30.3 Å². The van der Waals surface area contributed by atoms with E-state index in [-0.39, 0.29) is 5.91 Å². The lowest BCUT2D eigenvalue weighted by atomic mass is 10.1. The number of carbonyl (C=O) groups is 1. The van der Waals surface area contributed by atoms with Crippen molar-refractivity contribution in [1.82, 2.24) is 10.3 Å². The minimum Gasteiger partial charge on any atom is -0.390 e. The Balaban J connectivity index is 1.89. The number of nitrogens with zero attached hydrogens (tertiary/aromatic N) is 1. The van der Waals surface area contributed by atoms with Crippen molar-refractivity contribution >= 4 is 40.2 Å². The van der Waals surface area contributed by atoms with Gasteiger partial charge in [-0.05, 0) is 44.2 Å². The Kier molecular flexibility index (Phi) is 5.67. The third-order valence-electron chi connectivity index (χ3n) is 2.90. The number of rotatable bonds is 6. The van der Waals surface area contributed by atoms with Crippen LogP contribution < -0.4 is 5.32 Å². The summed E-state index contributed by atoms with van der Waals surface area (Å²) in [5.74, 6) is 1.30. The number of thioether (sulfide) groups is 1. The number of benzene rings is 1. The van der Waals surface area contributed by atoms with Gasteiger partial charge in [-0.15, -0.1) is 0 Å². The van der Waals surface area contributed by atoms with Gasteiger partial charge in [-0.2, -0.15) is 11.8 Å². The molecule has 0 aliphatic heterocycles. The summed E-state index contributed by atoms with van der Waals surface area (Å²) in [6, 6.07) is 8.89. The fourth-order valence-corrected chi connectivity index (χ4v) is 2.95. The molecule has 2 aromatic rings. The SMILES string of the molecule is CC(C)(O)CSCCNC(=O)c1ccc2nc(Cl)ccc2c1. The van der Waals surface area contributed by atoms with E-state index < -0.39 is 5.60 Å². The molecule has 0 saturated carbocycles. The summed E-state index contributed by atoms with van der Waals surface area (Å²) < 4.78 is 0. The molecule has 0 atom stereocenters. The molecule has 118 valence electrons. The Hall–Kier alpha value is -1.30. The lowest BCUT2D eigenvalue weighted by molar-refractivity contribution is 0.0956. The number of aliphatic hydroxyl groups is 1. The van der Waals surface area contributed by atoms with E-state index in [1.807, 2.05) is 6.07 Å². The molecule has 0 radical (unpaired) electrons. The highest BCUT2D eigenvalue weighted by molar-refractivity contribution is 7.99. The van der Waals surface area contributed by atoms with Crippen LogP contribution >= 0.6 is 23.4 Å². The summed E-state index contributed by atoms with van der Waals surface area (Å²) in [7, 11) is 0. The van der Waals surface area contributed by atoms with E-state index in [0.29, 0.717) is 23.0 Å². The van der Waals surface area contributed by atoms with Gasteiger partial charge in [-0.1, -0.05) is 11.6 Å². The molecule has 1 amide bonds. The summed E-state index contributed by atoms with van der Waals surface area (Å²) in [6.45, 7) is 4.11. The summed E-state index contributed by atoms with van der Waals surface area (Å²) in [4.78, 5) is 16.3. The van der Waals surface area contributed by atoms with Gasteiger partial charge in [0, 0.05) is 29.0 Å². The smallest absolute Gasteiger partial charge is 0.251 e. The number of carbonyl (C=O) groups excluding carboxylic acids is 1. The van der Waals surface area contributed by atoms with E-state index >= 15 is 0 Å². The molecule has 1 aromatic heterocycles. The second-order valence-corrected chi connectivity index (χ2v) is 7.15. The molecule has 0 aliphatic carbocycles. The first-order valence-corrected chi connectivity index (χ1v) is 8.53. The van der Waals surface area contributed by atoms with Crippen molar-refractivity contribution in [3.05, 3.63) is 41.0 Å². The first-order chi connectivity index (χ1) is 10.3. The van der Waals surface area contributed by atoms with Crippen LogP contribution in [0.25, 0.3) is 10.9 Å². The highest BCUT2D eigenvalue weighted by atomic mass is 35.5. The molecule has 2 rings (SSSR count). The summed E-state index contributed by atoms with van der Waals surface area (Å²) in [5.41, 5.74) is 0.690. The zero-order chi connectivity index (χ0) is 16.2. The number of hydrogen-bond donors (Lipinski definition) is 2. The first-order valence-electron chi connectivity index (χ1n) is 7.00. The molecule has 0 aliphatic rings. The van der Waals surface area contributed by atoms with E-state index in [9.17, 15) is 9.90 Å². The summed E-state index contributed by atoms with van der Waals surface area (Å²) >= 11 is 7.45. The molecule has 6 heteroatoms. The lowest BCUT2D eigenvalue weighted by Crippen LogP contribution is -2.27. The quantitative estimate of drug-likeness (QED) is 0.627. The number of amides is 1. The Labute approximate surface area is 139 Å². The maximum atomic E-state index is 12.1. The normalized spacial score (nSPS) is 11.6. The van der Waals surface area contributed by atoms with Crippen molar-refractivity contribution in [2.45, 2.75) is 19.4 Å².